The maximum Gasteiger partial charge on any atom is 0.174 e. The Hall–Kier alpha value is -0.870. The Morgan fingerprint density at radius 2 is 2.00 bits per heavy atom. The number of hydrogen-bond donors (Lipinski definition) is 1. The molecule has 0 aromatic heterocycles. The minimum Gasteiger partial charge on any atom is -0.493 e. The van der Waals surface area contributed by atoms with Crippen molar-refractivity contribution in [2.75, 3.05) is 20.5 Å². The van der Waals surface area contributed by atoms with Crippen LogP contribution in [0.5, 0.6) is 11.5 Å². The first-order chi connectivity index (χ1) is 7.62. The average Bonchev–Trinajstić information content (AvgIpc) is 2.26. The molecule has 0 saturated heterocycles. The first kappa shape index (κ1) is 13.2. The lowest BCUT2D eigenvalue weighted by atomic mass is 10.1. The molecule has 0 amide bonds. The first-order valence-corrected chi connectivity index (χ1v) is 6.39. The maximum absolute atomic E-state index is 5.80. The molecular weight excluding hydrogens is 222 g/mol. The van der Waals surface area contributed by atoms with Crippen molar-refractivity contribution in [1.29, 1.82) is 0 Å². The molecule has 0 aliphatic rings. The summed E-state index contributed by atoms with van der Waals surface area (Å²) in [6.45, 7) is 2.00. The number of ether oxygens (including phenoxy) is 2. The van der Waals surface area contributed by atoms with Crippen LogP contribution in [0.2, 0.25) is 0 Å². The van der Waals surface area contributed by atoms with Gasteiger partial charge in [0.2, 0.25) is 0 Å². The SMILES string of the molecule is COc1cc(CC(C)N)cc(SC)c1OC. The molecule has 0 radical (unpaired) electrons. The fourth-order valence-corrected chi connectivity index (χ4v) is 2.26. The molecule has 1 aromatic carbocycles. The second-order valence-electron chi connectivity index (χ2n) is 3.71. The van der Waals surface area contributed by atoms with Crippen LogP contribution in [0.15, 0.2) is 17.0 Å². The molecule has 0 fully saturated rings. The second kappa shape index (κ2) is 6.01. The predicted molar refractivity (Wildman–Crippen MR) is 68.7 cm³/mol. The zero-order valence-electron chi connectivity index (χ0n) is 10.2. The van der Waals surface area contributed by atoms with Crippen LogP contribution in [-0.4, -0.2) is 26.5 Å². The van der Waals surface area contributed by atoms with Gasteiger partial charge in [-0.1, -0.05) is 0 Å². The van der Waals surface area contributed by atoms with Gasteiger partial charge in [0.15, 0.2) is 11.5 Å². The third-order valence-electron chi connectivity index (χ3n) is 2.28. The lowest BCUT2D eigenvalue weighted by molar-refractivity contribution is 0.347. The zero-order chi connectivity index (χ0) is 12.1. The molecular formula is C12H19NO2S. The van der Waals surface area contributed by atoms with Crippen molar-refractivity contribution in [2.45, 2.75) is 24.3 Å². The smallest absolute Gasteiger partial charge is 0.174 e. The second-order valence-corrected chi connectivity index (χ2v) is 4.56. The van der Waals surface area contributed by atoms with Crippen LogP contribution in [0.1, 0.15) is 12.5 Å². The van der Waals surface area contributed by atoms with Gasteiger partial charge >= 0.3 is 0 Å². The highest BCUT2D eigenvalue weighted by Crippen LogP contribution is 2.37. The van der Waals surface area contributed by atoms with E-state index in [2.05, 4.69) is 6.07 Å². The molecule has 2 N–H and O–H groups in total. The molecule has 0 aliphatic heterocycles. The van der Waals surface area contributed by atoms with Crippen molar-refractivity contribution >= 4 is 11.8 Å². The molecule has 3 nitrogen and oxygen atoms in total. The van der Waals surface area contributed by atoms with Crippen LogP contribution in [0, 0.1) is 0 Å². The summed E-state index contributed by atoms with van der Waals surface area (Å²) in [4.78, 5) is 1.08. The van der Waals surface area contributed by atoms with Gasteiger partial charge in [-0.25, -0.2) is 0 Å². The minimum atomic E-state index is 0.146. The molecule has 0 heterocycles. The highest BCUT2D eigenvalue weighted by Gasteiger charge is 2.12. The normalized spacial score (nSPS) is 12.3. The summed E-state index contributed by atoms with van der Waals surface area (Å²) in [7, 11) is 3.31. The number of methoxy groups -OCH3 is 2. The van der Waals surface area contributed by atoms with Crippen molar-refractivity contribution < 1.29 is 9.47 Å². The Kier molecular flexibility index (Phi) is 4.96. The number of rotatable bonds is 5. The van der Waals surface area contributed by atoms with Crippen LogP contribution < -0.4 is 15.2 Å². The zero-order valence-corrected chi connectivity index (χ0v) is 11.1. The molecule has 90 valence electrons. The van der Waals surface area contributed by atoms with Gasteiger partial charge in [0.1, 0.15) is 0 Å². The summed E-state index contributed by atoms with van der Waals surface area (Å²) >= 11 is 1.64. The van der Waals surface area contributed by atoms with E-state index in [1.165, 1.54) is 5.56 Å². The molecule has 0 saturated carbocycles. The number of thioether (sulfide) groups is 1. The van der Waals surface area contributed by atoms with E-state index in [0.29, 0.717) is 0 Å². The lowest BCUT2D eigenvalue weighted by Gasteiger charge is -2.14. The van der Waals surface area contributed by atoms with Crippen LogP contribution in [-0.2, 0) is 6.42 Å². The monoisotopic (exact) mass is 241 g/mol. The summed E-state index contributed by atoms with van der Waals surface area (Å²) < 4.78 is 10.7. The van der Waals surface area contributed by atoms with E-state index in [0.717, 1.165) is 22.8 Å². The van der Waals surface area contributed by atoms with Gasteiger partial charge in [0.05, 0.1) is 19.1 Å². The van der Waals surface area contributed by atoms with Gasteiger partial charge < -0.3 is 15.2 Å². The Balaban J connectivity index is 3.15. The van der Waals surface area contributed by atoms with E-state index in [1.54, 1.807) is 26.0 Å². The molecule has 1 rings (SSSR count). The molecule has 0 aliphatic carbocycles. The standard InChI is InChI=1S/C12H19NO2S/c1-8(13)5-9-6-10(14-2)12(15-3)11(7-9)16-4/h6-8H,5,13H2,1-4H3. The van der Waals surface area contributed by atoms with E-state index in [9.17, 15) is 0 Å². The predicted octanol–water partition coefficient (Wildman–Crippen LogP) is 2.32. The molecule has 16 heavy (non-hydrogen) atoms. The summed E-state index contributed by atoms with van der Waals surface area (Å²) in [6, 6.07) is 4.24. The van der Waals surface area contributed by atoms with E-state index < -0.39 is 0 Å². The van der Waals surface area contributed by atoms with E-state index >= 15 is 0 Å². The van der Waals surface area contributed by atoms with Crippen LogP contribution in [0.4, 0.5) is 0 Å². The fourth-order valence-electron chi connectivity index (χ4n) is 1.63. The molecule has 1 aromatic rings. The molecule has 4 heteroatoms. The van der Waals surface area contributed by atoms with Crippen molar-refractivity contribution in [2.24, 2.45) is 5.73 Å². The van der Waals surface area contributed by atoms with E-state index in [-0.39, 0.29) is 6.04 Å². The van der Waals surface area contributed by atoms with Crippen molar-refractivity contribution in [1.82, 2.24) is 0 Å². The highest BCUT2D eigenvalue weighted by molar-refractivity contribution is 7.98. The van der Waals surface area contributed by atoms with Crippen LogP contribution >= 0.6 is 11.8 Å². The minimum absolute atomic E-state index is 0.146. The molecule has 0 spiro atoms. The maximum atomic E-state index is 5.80. The van der Waals surface area contributed by atoms with Gasteiger partial charge in [0.25, 0.3) is 0 Å². The Morgan fingerprint density at radius 1 is 1.31 bits per heavy atom. The third kappa shape index (κ3) is 3.06. The van der Waals surface area contributed by atoms with Crippen molar-refractivity contribution in [3.63, 3.8) is 0 Å². The summed E-state index contributed by atoms with van der Waals surface area (Å²) in [5.41, 5.74) is 6.98. The average molecular weight is 241 g/mol. The van der Waals surface area contributed by atoms with Crippen molar-refractivity contribution in [3.8, 4) is 11.5 Å². The largest absolute Gasteiger partial charge is 0.493 e. The fraction of sp³-hybridized carbons (Fsp3) is 0.500. The topological polar surface area (TPSA) is 44.5 Å². The summed E-state index contributed by atoms with van der Waals surface area (Å²) in [5, 5.41) is 0. The van der Waals surface area contributed by atoms with E-state index in [4.69, 9.17) is 15.2 Å². The molecule has 1 atom stereocenters. The quantitative estimate of drug-likeness (QED) is 0.804. The van der Waals surface area contributed by atoms with E-state index in [1.807, 2.05) is 19.2 Å². The Labute approximate surface area is 101 Å². The Morgan fingerprint density at radius 3 is 2.44 bits per heavy atom. The molecule has 1 unspecified atom stereocenters. The first-order valence-electron chi connectivity index (χ1n) is 5.16. The van der Waals surface area contributed by atoms with Gasteiger partial charge in [-0.15, -0.1) is 11.8 Å². The summed E-state index contributed by atoms with van der Waals surface area (Å²) in [5.74, 6) is 1.56. The van der Waals surface area contributed by atoms with Gasteiger partial charge in [-0.05, 0) is 37.3 Å². The van der Waals surface area contributed by atoms with Crippen LogP contribution in [0.3, 0.4) is 0 Å². The van der Waals surface area contributed by atoms with Gasteiger partial charge in [-0.2, -0.15) is 0 Å². The molecule has 0 bridgehead atoms. The number of hydrogen-bond acceptors (Lipinski definition) is 4. The highest BCUT2D eigenvalue weighted by atomic mass is 32.2. The number of nitrogens with two attached hydrogens (primary N) is 1. The Bertz CT molecular complexity index is 328. The van der Waals surface area contributed by atoms with Gasteiger partial charge in [-0.3, -0.25) is 0 Å². The number of benzene rings is 1. The van der Waals surface area contributed by atoms with Crippen LogP contribution in [0.25, 0.3) is 0 Å². The lowest BCUT2D eigenvalue weighted by Crippen LogP contribution is -2.17. The van der Waals surface area contributed by atoms with Gasteiger partial charge in [0, 0.05) is 6.04 Å². The summed E-state index contributed by atoms with van der Waals surface area (Å²) in [6.07, 6.45) is 2.86. The van der Waals surface area contributed by atoms with Crippen molar-refractivity contribution in [3.05, 3.63) is 17.7 Å². The third-order valence-corrected chi connectivity index (χ3v) is 3.03.